The maximum atomic E-state index is 13.0. The zero-order chi connectivity index (χ0) is 19.2. The van der Waals surface area contributed by atoms with Gasteiger partial charge in [-0.15, -0.1) is 0 Å². The third-order valence-electron chi connectivity index (χ3n) is 5.62. The normalized spacial score (nSPS) is 20.9. The van der Waals surface area contributed by atoms with Crippen LogP contribution in [0.15, 0.2) is 42.5 Å². The summed E-state index contributed by atoms with van der Waals surface area (Å²) in [6.07, 6.45) is 2.35. The van der Waals surface area contributed by atoms with Crippen molar-refractivity contribution >= 4 is 0 Å². The summed E-state index contributed by atoms with van der Waals surface area (Å²) in [6.45, 7) is 3.11. The molecule has 1 fully saturated rings. The first-order valence-corrected chi connectivity index (χ1v) is 9.59. The number of likely N-dealkylation sites (tertiary alicyclic amines) is 1. The summed E-state index contributed by atoms with van der Waals surface area (Å²) in [5.41, 5.74) is 1.98. The fourth-order valence-electron chi connectivity index (χ4n) is 3.99. The van der Waals surface area contributed by atoms with E-state index in [4.69, 9.17) is 9.47 Å². The summed E-state index contributed by atoms with van der Waals surface area (Å²) >= 11 is 0. The molecule has 1 aliphatic rings. The van der Waals surface area contributed by atoms with Crippen LogP contribution < -0.4 is 14.4 Å². The number of ether oxygens (including phenoxy) is 2. The van der Waals surface area contributed by atoms with Crippen LogP contribution in [0.5, 0.6) is 11.5 Å². The van der Waals surface area contributed by atoms with Gasteiger partial charge in [0.25, 0.3) is 0 Å². The van der Waals surface area contributed by atoms with Crippen LogP contribution in [0, 0.1) is 11.7 Å². The molecule has 0 aliphatic carbocycles. The lowest BCUT2D eigenvalue weighted by Gasteiger charge is -2.32. The first kappa shape index (κ1) is 19.6. The summed E-state index contributed by atoms with van der Waals surface area (Å²) in [5, 5.41) is 10.9. The van der Waals surface area contributed by atoms with E-state index in [1.807, 2.05) is 30.3 Å². The van der Waals surface area contributed by atoms with Gasteiger partial charge >= 0.3 is 0 Å². The van der Waals surface area contributed by atoms with Gasteiger partial charge in [-0.3, -0.25) is 0 Å². The molecule has 0 amide bonds. The van der Waals surface area contributed by atoms with Crippen LogP contribution in [0.4, 0.5) is 4.39 Å². The lowest BCUT2D eigenvalue weighted by Crippen LogP contribution is -3.13. The number of benzene rings is 2. The largest absolute Gasteiger partial charge is 0.493 e. The molecule has 2 aromatic rings. The summed E-state index contributed by atoms with van der Waals surface area (Å²) < 4.78 is 23.8. The minimum atomic E-state index is -0.548. The first-order valence-electron chi connectivity index (χ1n) is 9.59. The van der Waals surface area contributed by atoms with E-state index in [2.05, 4.69) is 0 Å². The van der Waals surface area contributed by atoms with Gasteiger partial charge in [-0.05, 0) is 29.7 Å². The molecule has 0 aromatic heterocycles. The van der Waals surface area contributed by atoms with E-state index in [0.29, 0.717) is 11.5 Å². The molecule has 1 aliphatic heterocycles. The number of rotatable bonds is 7. The average Bonchev–Trinajstić information content (AvgIpc) is 2.72. The fraction of sp³-hybridized carbons (Fsp3) is 0.455. The number of piperidine rings is 1. The van der Waals surface area contributed by atoms with Gasteiger partial charge in [-0.1, -0.05) is 24.3 Å². The molecule has 146 valence electrons. The van der Waals surface area contributed by atoms with E-state index >= 15 is 0 Å². The van der Waals surface area contributed by atoms with Crippen LogP contribution in [0.1, 0.15) is 30.1 Å². The number of nitrogens with one attached hydrogen (secondary N) is 1. The lowest BCUT2D eigenvalue weighted by molar-refractivity contribution is -0.906. The minimum Gasteiger partial charge on any atom is -0.493 e. The smallest absolute Gasteiger partial charge is 0.166 e. The van der Waals surface area contributed by atoms with Crippen LogP contribution in [-0.4, -0.2) is 39.0 Å². The lowest BCUT2D eigenvalue weighted by atomic mass is 9.87. The Morgan fingerprint density at radius 1 is 1.07 bits per heavy atom. The second-order valence-corrected chi connectivity index (χ2v) is 7.24. The van der Waals surface area contributed by atoms with E-state index in [1.54, 1.807) is 19.1 Å². The highest BCUT2D eigenvalue weighted by Crippen LogP contribution is 2.39. The van der Waals surface area contributed by atoms with E-state index in [-0.39, 0.29) is 11.7 Å². The monoisotopic (exact) mass is 374 g/mol. The van der Waals surface area contributed by atoms with Gasteiger partial charge in [0.1, 0.15) is 5.82 Å². The molecule has 1 saturated heterocycles. The van der Waals surface area contributed by atoms with Gasteiger partial charge in [-0.2, -0.15) is 0 Å². The van der Waals surface area contributed by atoms with Gasteiger partial charge in [0, 0.05) is 24.8 Å². The number of halogens is 1. The Morgan fingerprint density at radius 3 is 2.41 bits per heavy atom. The molecule has 0 spiro atoms. The molecule has 0 radical (unpaired) electrons. The van der Waals surface area contributed by atoms with E-state index < -0.39 is 6.10 Å². The van der Waals surface area contributed by atoms with Crippen molar-refractivity contribution in [3.8, 4) is 11.5 Å². The van der Waals surface area contributed by atoms with E-state index in [1.165, 1.54) is 17.7 Å². The number of aliphatic hydroxyl groups is 1. The van der Waals surface area contributed by atoms with Crippen LogP contribution in [0.25, 0.3) is 0 Å². The number of hydrogen-bond acceptors (Lipinski definition) is 3. The van der Waals surface area contributed by atoms with Gasteiger partial charge < -0.3 is 19.5 Å². The zero-order valence-corrected chi connectivity index (χ0v) is 16.1. The number of methoxy groups -OCH3 is 2. The summed E-state index contributed by atoms with van der Waals surface area (Å²) in [5.74, 6) is 1.31. The molecule has 2 N–H and O–H groups in total. The first-order chi connectivity index (χ1) is 13.1. The van der Waals surface area contributed by atoms with Crippen molar-refractivity contribution in [2.75, 3.05) is 33.9 Å². The molecule has 3 rings (SSSR count). The zero-order valence-electron chi connectivity index (χ0n) is 16.1. The molecular formula is C22H29FNO3+. The number of quaternary nitrogens is 1. The fourth-order valence-corrected chi connectivity index (χ4v) is 3.99. The standard InChI is InChI=1S/C22H28FNO3/c1-26-20-5-3-4-19(22(20)27-2)21(25)17-11-14-24(15-12-17)13-10-16-6-8-18(23)9-7-16/h3-9,17,21,25H,10-15H2,1-2H3/p+1/t21-/m1/s1. The predicted octanol–water partition coefficient (Wildman–Crippen LogP) is 2.41. The third kappa shape index (κ3) is 4.79. The molecule has 27 heavy (non-hydrogen) atoms. The summed E-state index contributed by atoms with van der Waals surface area (Å²) in [6, 6.07) is 12.4. The van der Waals surface area contributed by atoms with E-state index in [0.717, 1.165) is 44.5 Å². The van der Waals surface area contributed by atoms with Gasteiger partial charge in [-0.25, -0.2) is 4.39 Å². The molecule has 1 atom stereocenters. The Hall–Kier alpha value is -2.11. The molecule has 2 aromatic carbocycles. The SMILES string of the molecule is COc1cccc([C@H](O)C2CC[NH+](CCc3ccc(F)cc3)CC2)c1OC. The second-order valence-electron chi connectivity index (χ2n) is 7.24. The highest BCUT2D eigenvalue weighted by molar-refractivity contribution is 5.47. The second kappa shape index (κ2) is 9.20. The van der Waals surface area contributed by atoms with Gasteiger partial charge in [0.05, 0.1) is 40.0 Å². The number of hydrogen-bond donors (Lipinski definition) is 2. The maximum Gasteiger partial charge on any atom is 0.166 e. The van der Waals surface area contributed by atoms with Crippen molar-refractivity contribution < 1.29 is 23.9 Å². The average molecular weight is 374 g/mol. The van der Waals surface area contributed by atoms with Crippen molar-refractivity contribution in [3.63, 3.8) is 0 Å². The van der Waals surface area contributed by atoms with Gasteiger partial charge in [0.2, 0.25) is 0 Å². The quantitative estimate of drug-likeness (QED) is 0.782. The third-order valence-corrected chi connectivity index (χ3v) is 5.62. The topological polar surface area (TPSA) is 43.1 Å². The Balaban J connectivity index is 1.55. The number of para-hydroxylation sites is 1. The molecule has 0 saturated carbocycles. The van der Waals surface area contributed by atoms with Crippen molar-refractivity contribution in [3.05, 3.63) is 59.4 Å². The predicted molar refractivity (Wildman–Crippen MR) is 103 cm³/mol. The van der Waals surface area contributed by atoms with Crippen LogP contribution >= 0.6 is 0 Å². The summed E-state index contributed by atoms with van der Waals surface area (Å²) in [7, 11) is 3.22. The van der Waals surface area contributed by atoms with Crippen molar-refractivity contribution in [1.29, 1.82) is 0 Å². The Morgan fingerprint density at radius 2 is 1.78 bits per heavy atom. The van der Waals surface area contributed by atoms with Crippen molar-refractivity contribution in [1.82, 2.24) is 0 Å². The molecule has 4 nitrogen and oxygen atoms in total. The van der Waals surface area contributed by atoms with Gasteiger partial charge in [0.15, 0.2) is 11.5 Å². The minimum absolute atomic E-state index is 0.186. The molecule has 0 bridgehead atoms. The Bertz CT molecular complexity index is 727. The van der Waals surface area contributed by atoms with Crippen LogP contribution in [0.2, 0.25) is 0 Å². The Labute approximate surface area is 160 Å². The maximum absolute atomic E-state index is 13.0. The molecule has 5 heteroatoms. The van der Waals surface area contributed by atoms with Crippen LogP contribution in [0.3, 0.4) is 0 Å². The van der Waals surface area contributed by atoms with Crippen molar-refractivity contribution in [2.45, 2.75) is 25.4 Å². The molecular weight excluding hydrogens is 345 g/mol. The molecule has 1 heterocycles. The highest BCUT2D eigenvalue weighted by Gasteiger charge is 2.30. The summed E-state index contributed by atoms with van der Waals surface area (Å²) in [4.78, 5) is 1.54. The van der Waals surface area contributed by atoms with E-state index in [9.17, 15) is 9.50 Å². The Kier molecular flexibility index (Phi) is 6.69. The van der Waals surface area contributed by atoms with Crippen molar-refractivity contribution in [2.24, 2.45) is 5.92 Å². The van der Waals surface area contributed by atoms with Crippen LogP contribution in [-0.2, 0) is 6.42 Å². The highest BCUT2D eigenvalue weighted by atomic mass is 19.1. The number of aliphatic hydroxyl groups excluding tert-OH is 1. The molecule has 0 unspecified atom stereocenters.